The number of hydrazine groups is 1. The van der Waals surface area contributed by atoms with Gasteiger partial charge in [0, 0.05) is 13.0 Å². The number of halogens is 2. The maximum atomic E-state index is 11.1. The lowest BCUT2D eigenvalue weighted by Crippen LogP contribution is -2.47. The van der Waals surface area contributed by atoms with Crippen molar-refractivity contribution in [1.29, 1.82) is 0 Å². The van der Waals surface area contributed by atoms with Gasteiger partial charge in [0.05, 0.1) is 11.6 Å². The van der Waals surface area contributed by atoms with E-state index in [0.29, 0.717) is 24.5 Å². The summed E-state index contributed by atoms with van der Waals surface area (Å²) in [5, 5.41) is 1.87. The van der Waals surface area contributed by atoms with E-state index in [-0.39, 0.29) is 5.03 Å². The third-order valence-electron chi connectivity index (χ3n) is 1.54. The highest BCUT2D eigenvalue weighted by molar-refractivity contribution is 6.48. The fourth-order valence-corrected chi connectivity index (χ4v) is 1.27. The molecule has 1 rings (SSSR count). The maximum absolute atomic E-state index is 11.1. The molecular weight excluding hydrogens is 215 g/mol. The molecule has 4 nitrogen and oxygen atoms in total. The van der Waals surface area contributed by atoms with Crippen molar-refractivity contribution in [3.8, 4) is 0 Å². The highest BCUT2D eigenvalue weighted by atomic mass is 35.5. The first-order valence-electron chi connectivity index (χ1n) is 3.69. The highest BCUT2D eigenvalue weighted by Gasteiger charge is 2.22. The first-order chi connectivity index (χ1) is 6.15. The Balaban J connectivity index is 2.57. The minimum Gasteiger partial charge on any atom is -0.303 e. The lowest BCUT2D eigenvalue weighted by atomic mass is 10.3. The van der Waals surface area contributed by atoms with Gasteiger partial charge in [-0.1, -0.05) is 23.2 Å². The number of carbonyl (C=O) groups is 2. The van der Waals surface area contributed by atoms with Gasteiger partial charge >= 0.3 is 0 Å². The molecular formula is C7H8Cl2N2O2. The lowest BCUT2D eigenvalue weighted by Gasteiger charge is -2.26. The van der Waals surface area contributed by atoms with Gasteiger partial charge in [0.1, 0.15) is 11.3 Å². The molecule has 1 aliphatic rings. The predicted octanol–water partition coefficient (Wildman–Crippen LogP) is 0.611. The first kappa shape index (κ1) is 10.5. The summed E-state index contributed by atoms with van der Waals surface area (Å²) in [5.41, 5.74) is 2.49. The summed E-state index contributed by atoms with van der Waals surface area (Å²) >= 11 is 11.2. The summed E-state index contributed by atoms with van der Waals surface area (Å²) in [5.74, 6) is -0.427. The van der Waals surface area contributed by atoms with Gasteiger partial charge in [-0.05, 0) is 0 Å². The van der Waals surface area contributed by atoms with Crippen LogP contribution in [0.5, 0.6) is 0 Å². The first-order valence-corrected chi connectivity index (χ1v) is 4.44. The van der Waals surface area contributed by atoms with E-state index in [1.807, 2.05) is 0 Å². The molecule has 1 N–H and O–H groups in total. The molecule has 72 valence electrons. The zero-order valence-corrected chi connectivity index (χ0v) is 8.23. The van der Waals surface area contributed by atoms with E-state index in [0.717, 1.165) is 6.29 Å². The van der Waals surface area contributed by atoms with Crippen LogP contribution in [0.25, 0.3) is 0 Å². The van der Waals surface area contributed by atoms with Crippen LogP contribution >= 0.6 is 23.2 Å². The third kappa shape index (κ3) is 2.69. The van der Waals surface area contributed by atoms with Crippen molar-refractivity contribution < 1.29 is 9.59 Å². The monoisotopic (exact) mass is 222 g/mol. The van der Waals surface area contributed by atoms with Crippen LogP contribution in [0.2, 0.25) is 0 Å². The smallest absolute Gasteiger partial charge is 0.278 e. The number of hydrogen-bond donors (Lipinski definition) is 1. The molecule has 0 unspecified atom stereocenters. The average Bonchev–Trinajstić information content (AvgIpc) is 2.10. The van der Waals surface area contributed by atoms with Gasteiger partial charge in [0.15, 0.2) is 0 Å². The zero-order valence-electron chi connectivity index (χ0n) is 6.72. The van der Waals surface area contributed by atoms with Crippen LogP contribution in [0.1, 0.15) is 6.42 Å². The highest BCUT2D eigenvalue weighted by Crippen LogP contribution is 2.18. The van der Waals surface area contributed by atoms with Gasteiger partial charge in [-0.25, -0.2) is 5.01 Å². The van der Waals surface area contributed by atoms with Crippen molar-refractivity contribution in [3.63, 3.8) is 0 Å². The fourth-order valence-electron chi connectivity index (χ4n) is 0.936. The molecule has 0 bridgehead atoms. The van der Waals surface area contributed by atoms with E-state index < -0.39 is 5.91 Å². The molecule has 0 spiro atoms. The van der Waals surface area contributed by atoms with Gasteiger partial charge in [-0.2, -0.15) is 0 Å². The minimum absolute atomic E-state index is 0.0176. The predicted molar refractivity (Wildman–Crippen MR) is 49.1 cm³/mol. The van der Waals surface area contributed by atoms with Gasteiger partial charge in [-0.15, -0.1) is 0 Å². The molecule has 0 aromatic rings. The summed E-state index contributed by atoms with van der Waals surface area (Å²) in [7, 11) is 0. The van der Waals surface area contributed by atoms with Crippen molar-refractivity contribution in [3.05, 3.63) is 10.1 Å². The molecule has 0 atom stereocenters. The molecule has 1 amide bonds. The largest absolute Gasteiger partial charge is 0.303 e. The van der Waals surface area contributed by atoms with Crippen molar-refractivity contribution in [2.24, 2.45) is 0 Å². The SMILES string of the molecule is O=CCCN1CC(Cl)=C(Cl)C(=O)N1. The van der Waals surface area contributed by atoms with Crippen LogP contribution in [-0.2, 0) is 9.59 Å². The van der Waals surface area contributed by atoms with Gasteiger partial charge in [-0.3, -0.25) is 10.2 Å². The standard InChI is InChI=1S/C7H8Cl2N2O2/c8-5-4-11(2-1-3-12)10-7(13)6(5)9/h3H,1-2,4H2,(H,10,13). The normalized spacial score (nSPS) is 18.8. The van der Waals surface area contributed by atoms with E-state index >= 15 is 0 Å². The Hall–Kier alpha value is -0.580. The molecule has 1 aliphatic heterocycles. The molecule has 6 heteroatoms. The molecule has 0 aliphatic carbocycles. The van der Waals surface area contributed by atoms with Crippen molar-refractivity contribution in [2.75, 3.05) is 13.1 Å². The topological polar surface area (TPSA) is 49.4 Å². The summed E-state index contributed by atoms with van der Waals surface area (Å²) in [6.07, 6.45) is 1.13. The Bertz CT molecular complexity index is 265. The number of rotatable bonds is 3. The summed E-state index contributed by atoms with van der Waals surface area (Å²) in [6.45, 7) is 0.787. The quantitative estimate of drug-likeness (QED) is 0.713. The average molecular weight is 223 g/mol. The van der Waals surface area contributed by atoms with Gasteiger partial charge in [0.25, 0.3) is 5.91 Å². The maximum Gasteiger partial charge on any atom is 0.278 e. The van der Waals surface area contributed by atoms with E-state index in [4.69, 9.17) is 23.2 Å². The van der Waals surface area contributed by atoms with Crippen molar-refractivity contribution >= 4 is 35.4 Å². The molecule has 0 aromatic carbocycles. The molecule has 0 fully saturated rings. The Morgan fingerprint density at radius 2 is 2.23 bits per heavy atom. The molecule has 0 radical (unpaired) electrons. The summed E-state index contributed by atoms with van der Waals surface area (Å²) in [4.78, 5) is 21.1. The van der Waals surface area contributed by atoms with Crippen molar-refractivity contribution in [1.82, 2.24) is 10.4 Å². The molecule has 0 aromatic heterocycles. The van der Waals surface area contributed by atoms with E-state index in [1.54, 1.807) is 5.01 Å². The Morgan fingerprint density at radius 1 is 1.54 bits per heavy atom. The number of nitrogens with zero attached hydrogens (tertiary/aromatic N) is 1. The summed E-state index contributed by atoms with van der Waals surface area (Å²) < 4.78 is 0. The van der Waals surface area contributed by atoms with Gasteiger partial charge in [0.2, 0.25) is 0 Å². The third-order valence-corrected chi connectivity index (χ3v) is 2.35. The van der Waals surface area contributed by atoms with Crippen LogP contribution in [0, 0.1) is 0 Å². The Kier molecular flexibility index (Phi) is 3.71. The Morgan fingerprint density at radius 3 is 2.77 bits per heavy atom. The van der Waals surface area contributed by atoms with E-state index in [1.165, 1.54) is 0 Å². The fraction of sp³-hybridized carbons (Fsp3) is 0.429. The Labute approximate surface area is 85.4 Å². The van der Waals surface area contributed by atoms with Crippen molar-refractivity contribution in [2.45, 2.75) is 6.42 Å². The number of carbonyl (C=O) groups excluding carboxylic acids is 2. The van der Waals surface area contributed by atoms with Crippen LogP contribution in [-0.4, -0.2) is 30.3 Å². The second-order valence-corrected chi connectivity index (χ2v) is 3.37. The zero-order chi connectivity index (χ0) is 9.84. The number of nitrogens with one attached hydrogen (secondary N) is 1. The van der Waals surface area contributed by atoms with Crippen LogP contribution < -0.4 is 5.43 Å². The van der Waals surface area contributed by atoms with Crippen LogP contribution in [0.4, 0.5) is 0 Å². The number of aldehydes is 1. The number of amides is 1. The van der Waals surface area contributed by atoms with Gasteiger partial charge < -0.3 is 4.79 Å². The van der Waals surface area contributed by atoms with Crippen LogP contribution in [0.15, 0.2) is 10.1 Å². The van der Waals surface area contributed by atoms with Crippen LogP contribution in [0.3, 0.4) is 0 Å². The second kappa shape index (κ2) is 4.60. The van der Waals surface area contributed by atoms with E-state index in [2.05, 4.69) is 5.43 Å². The molecule has 0 saturated carbocycles. The lowest BCUT2D eigenvalue weighted by molar-refractivity contribution is -0.122. The second-order valence-electron chi connectivity index (χ2n) is 2.54. The number of hydrogen-bond acceptors (Lipinski definition) is 3. The molecule has 1 heterocycles. The van der Waals surface area contributed by atoms with E-state index in [9.17, 15) is 9.59 Å². The minimum atomic E-state index is -0.427. The molecule has 0 saturated heterocycles. The molecule has 13 heavy (non-hydrogen) atoms. The summed E-state index contributed by atoms with van der Waals surface area (Å²) in [6, 6.07) is 0.